The van der Waals surface area contributed by atoms with Gasteiger partial charge in [0.2, 0.25) is 0 Å². The molecule has 4 nitrogen and oxygen atoms in total. The second-order valence-corrected chi connectivity index (χ2v) is 5.31. The van der Waals surface area contributed by atoms with E-state index in [0.29, 0.717) is 45.6 Å². The first kappa shape index (κ1) is 18.0. The lowest BCUT2D eigenvalue weighted by molar-refractivity contribution is 0.0180. The molecule has 0 bridgehead atoms. The Morgan fingerprint density at radius 1 is 0.810 bits per heavy atom. The summed E-state index contributed by atoms with van der Waals surface area (Å²) in [6.07, 6.45) is 1.10. The van der Waals surface area contributed by atoms with Gasteiger partial charge >= 0.3 is 0 Å². The molecule has 0 amide bonds. The predicted molar refractivity (Wildman–Crippen MR) is 84.0 cm³/mol. The molecule has 1 rings (SSSR count). The van der Waals surface area contributed by atoms with Crippen LogP contribution < -0.4 is 4.74 Å². The molecule has 0 aromatic heterocycles. The molecule has 0 fully saturated rings. The maximum absolute atomic E-state index is 5.63. The Labute approximate surface area is 128 Å². The molecular formula is C17H28O4. The zero-order chi connectivity index (χ0) is 15.3. The third kappa shape index (κ3) is 9.45. The predicted octanol–water partition coefficient (Wildman–Crippen LogP) is 2.94. The summed E-state index contributed by atoms with van der Waals surface area (Å²) in [7, 11) is 1.66. The van der Waals surface area contributed by atoms with Crippen molar-refractivity contribution in [1.82, 2.24) is 0 Å². The smallest absolute Gasteiger partial charge is 0.119 e. The zero-order valence-electron chi connectivity index (χ0n) is 13.5. The number of benzene rings is 1. The molecule has 4 heteroatoms. The standard InChI is InChI=1S/C17H28O4/c1-15(2)14-16-4-6-17(7-5-16)21-13-12-20-11-10-19-9-8-18-3/h4-7,15H,8-14H2,1-3H3. The van der Waals surface area contributed by atoms with Crippen LogP contribution in [-0.2, 0) is 20.6 Å². The van der Waals surface area contributed by atoms with E-state index in [9.17, 15) is 0 Å². The van der Waals surface area contributed by atoms with Crippen LogP contribution in [0.3, 0.4) is 0 Å². The van der Waals surface area contributed by atoms with Crippen LogP contribution in [0.4, 0.5) is 0 Å². The Bertz CT molecular complexity index is 348. The van der Waals surface area contributed by atoms with Gasteiger partial charge in [0, 0.05) is 7.11 Å². The number of hydrogen-bond donors (Lipinski definition) is 0. The van der Waals surface area contributed by atoms with E-state index in [2.05, 4.69) is 26.0 Å². The van der Waals surface area contributed by atoms with Crippen LogP contribution >= 0.6 is 0 Å². The van der Waals surface area contributed by atoms with Crippen molar-refractivity contribution in [1.29, 1.82) is 0 Å². The van der Waals surface area contributed by atoms with E-state index in [0.717, 1.165) is 12.2 Å². The molecule has 1 aromatic carbocycles. The first-order chi connectivity index (χ1) is 10.2. The fourth-order valence-corrected chi connectivity index (χ4v) is 1.88. The minimum atomic E-state index is 0.557. The minimum Gasteiger partial charge on any atom is -0.491 e. The average molecular weight is 296 g/mol. The summed E-state index contributed by atoms with van der Waals surface area (Å²) < 4.78 is 21.2. The Morgan fingerprint density at radius 2 is 1.38 bits per heavy atom. The average Bonchev–Trinajstić information content (AvgIpc) is 2.47. The lowest BCUT2D eigenvalue weighted by atomic mass is 10.0. The van der Waals surface area contributed by atoms with Gasteiger partial charge in [0.25, 0.3) is 0 Å². The van der Waals surface area contributed by atoms with Crippen molar-refractivity contribution in [2.45, 2.75) is 20.3 Å². The van der Waals surface area contributed by atoms with E-state index in [1.165, 1.54) is 5.56 Å². The molecule has 0 aliphatic carbocycles. The molecule has 1 aromatic rings. The molecule has 0 aliphatic rings. The molecule has 0 heterocycles. The minimum absolute atomic E-state index is 0.557. The largest absolute Gasteiger partial charge is 0.491 e. The van der Waals surface area contributed by atoms with E-state index in [4.69, 9.17) is 18.9 Å². The number of ether oxygens (including phenoxy) is 4. The fourth-order valence-electron chi connectivity index (χ4n) is 1.88. The lowest BCUT2D eigenvalue weighted by Gasteiger charge is -2.09. The van der Waals surface area contributed by atoms with Crippen LogP contribution in [0, 0.1) is 5.92 Å². The van der Waals surface area contributed by atoms with Gasteiger partial charge in [-0.3, -0.25) is 0 Å². The van der Waals surface area contributed by atoms with Crippen molar-refractivity contribution >= 4 is 0 Å². The topological polar surface area (TPSA) is 36.9 Å². The Morgan fingerprint density at radius 3 is 1.95 bits per heavy atom. The molecule has 0 atom stereocenters. The van der Waals surface area contributed by atoms with Crippen molar-refractivity contribution < 1.29 is 18.9 Å². The van der Waals surface area contributed by atoms with E-state index >= 15 is 0 Å². The zero-order valence-corrected chi connectivity index (χ0v) is 13.5. The van der Waals surface area contributed by atoms with Gasteiger partial charge in [0.05, 0.1) is 33.0 Å². The molecule has 0 aliphatic heterocycles. The molecular weight excluding hydrogens is 268 g/mol. The highest BCUT2D eigenvalue weighted by Gasteiger charge is 1.99. The SMILES string of the molecule is COCCOCCOCCOc1ccc(CC(C)C)cc1. The Hall–Kier alpha value is -1.10. The summed E-state index contributed by atoms with van der Waals surface area (Å²) in [4.78, 5) is 0. The maximum atomic E-state index is 5.63. The van der Waals surface area contributed by atoms with Crippen LogP contribution in [0.2, 0.25) is 0 Å². The molecule has 0 spiro atoms. The van der Waals surface area contributed by atoms with Crippen molar-refractivity contribution in [3.63, 3.8) is 0 Å². The normalized spacial score (nSPS) is 11.0. The third-order valence-corrected chi connectivity index (χ3v) is 2.87. The van der Waals surface area contributed by atoms with Gasteiger partial charge in [-0.25, -0.2) is 0 Å². The van der Waals surface area contributed by atoms with E-state index in [-0.39, 0.29) is 0 Å². The Balaban J connectivity index is 2.02. The number of methoxy groups -OCH3 is 1. The van der Waals surface area contributed by atoms with Gasteiger partial charge in [0.15, 0.2) is 0 Å². The van der Waals surface area contributed by atoms with Gasteiger partial charge in [0.1, 0.15) is 12.4 Å². The summed E-state index contributed by atoms with van der Waals surface area (Å²) in [6.45, 7) is 7.98. The number of rotatable bonds is 12. The summed E-state index contributed by atoms with van der Waals surface area (Å²) in [5.41, 5.74) is 1.35. The quantitative estimate of drug-likeness (QED) is 0.556. The van der Waals surface area contributed by atoms with Crippen LogP contribution in [0.5, 0.6) is 5.75 Å². The fraction of sp³-hybridized carbons (Fsp3) is 0.647. The van der Waals surface area contributed by atoms with Crippen molar-refractivity contribution in [3.8, 4) is 5.75 Å². The van der Waals surface area contributed by atoms with Gasteiger partial charge in [-0.1, -0.05) is 26.0 Å². The Kier molecular flexibility index (Phi) is 9.87. The number of hydrogen-bond acceptors (Lipinski definition) is 4. The first-order valence-corrected chi connectivity index (χ1v) is 7.58. The van der Waals surface area contributed by atoms with Crippen molar-refractivity contribution in [2.75, 3.05) is 46.8 Å². The summed E-state index contributed by atoms with van der Waals surface area (Å²) in [5, 5.41) is 0. The van der Waals surface area contributed by atoms with Gasteiger partial charge in [-0.05, 0) is 30.0 Å². The van der Waals surface area contributed by atoms with Crippen LogP contribution in [-0.4, -0.2) is 46.8 Å². The highest BCUT2D eigenvalue weighted by molar-refractivity contribution is 5.27. The van der Waals surface area contributed by atoms with Crippen molar-refractivity contribution in [3.05, 3.63) is 29.8 Å². The van der Waals surface area contributed by atoms with E-state index in [1.54, 1.807) is 7.11 Å². The third-order valence-electron chi connectivity index (χ3n) is 2.87. The highest BCUT2D eigenvalue weighted by atomic mass is 16.6. The van der Waals surface area contributed by atoms with Crippen molar-refractivity contribution in [2.24, 2.45) is 5.92 Å². The molecule has 0 saturated heterocycles. The van der Waals surface area contributed by atoms with Gasteiger partial charge in [-0.15, -0.1) is 0 Å². The molecule has 0 radical (unpaired) electrons. The molecule has 0 unspecified atom stereocenters. The van der Waals surface area contributed by atoms with Gasteiger partial charge < -0.3 is 18.9 Å². The second-order valence-electron chi connectivity index (χ2n) is 5.31. The van der Waals surface area contributed by atoms with E-state index < -0.39 is 0 Å². The molecule has 120 valence electrons. The van der Waals surface area contributed by atoms with Crippen LogP contribution in [0.15, 0.2) is 24.3 Å². The monoisotopic (exact) mass is 296 g/mol. The molecule has 0 saturated carbocycles. The molecule has 21 heavy (non-hydrogen) atoms. The van der Waals surface area contributed by atoms with Gasteiger partial charge in [-0.2, -0.15) is 0 Å². The summed E-state index contributed by atoms with van der Waals surface area (Å²) in [5.74, 6) is 1.57. The second kappa shape index (κ2) is 11.5. The first-order valence-electron chi connectivity index (χ1n) is 7.58. The van der Waals surface area contributed by atoms with E-state index in [1.807, 2.05) is 12.1 Å². The lowest BCUT2D eigenvalue weighted by Crippen LogP contribution is -2.12. The maximum Gasteiger partial charge on any atom is 0.119 e. The highest BCUT2D eigenvalue weighted by Crippen LogP contribution is 2.14. The summed E-state index contributed by atoms with van der Waals surface area (Å²) >= 11 is 0. The summed E-state index contributed by atoms with van der Waals surface area (Å²) in [6, 6.07) is 8.29. The van der Waals surface area contributed by atoms with Crippen LogP contribution in [0.25, 0.3) is 0 Å². The molecule has 0 N–H and O–H groups in total. The van der Waals surface area contributed by atoms with Crippen LogP contribution in [0.1, 0.15) is 19.4 Å².